The van der Waals surface area contributed by atoms with Gasteiger partial charge in [0.2, 0.25) is 0 Å². The van der Waals surface area contributed by atoms with Crippen molar-refractivity contribution in [3.05, 3.63) is 16.1 Å². The maximum Gasteiger partial charge on any atom is 0.330 e. The molecule has 0 bridgehead atoms. The van der Waals surface area contributed by atoms with Gasteiger partial charge in [0.15, 0.2) is 0 Å². The van der Waals surface area contributed by atoms with Gasteiger partial charge in [-0.15, -0.1) is 11.3 Å². The number of ether oxygens (including phenoxy) is 1. The van der Waals surface area contributed by atoms with Crippen LogP contribution in [0.3, 0.4) is 0 Å². The molecule has 0 radical (unpaired) electrons. The number of urea groups is 1. The summed E-state index contributed by atoms with van der Waals surface area (Å²) in [4.78, 5) is 37.5. The average molecular weight is 431 g/mol. The number of hydrogen-bond donors (Lipinski definition) is 1. The molecule has 1 aliphatic rings. The van der Waals surface area contributed by atoms with Crippen molar-refractivity contribution in [3.8, 4) is 0 Å². The fourth-order valence-corrected chi connectivity index (χ4v) is 3.43. The number of amides is 2. The number of nitrogens with zero attached hydrogens (tertiary/aromatic N) is 3. The number of carbonyl (C=O) groups excluding carboxylic acids is 2. The fourth-order valence-electron chi connectivity index (χ4n) is 2.61. The van der Waals surface area contributed by atoms with Crippen LogP contribution in [0, 0.1) is 0 Å². The first-order valence-electron chi connectivity index (χ1n) is 9.76. The second-order valence-electron chi connectivity index (χ2n) is 7.14. The van der Waals surface area contributed by atoms with E-state index in [4.69, 9.17) is 9.53 Å². The minimum atomic E-state index is -0.0384. The highest BCUT2D eigenvalue weighted by Gasteiger charge is 2.16. The third-order valence-corrected chi connectivity index (χ3v) is 5.49. The van der Waals surface area contributed by atoms with E-state index in [0.29, 0.717) is 12.5 Å². The minimum absolute atomic E-state index is 0.0384. The first-order chi connectivity index (χ1) is 13.9. The van der Waals surface area contributed by atoms with E-state index in [9.17, 15) is 4.79 Å². The molecule has 0 saturated carbocycles. The van der Waals surface area contributed by atoms with Crippen molar-refractivity contribution in [2.24, 2.45) is 0 Å². The molecule has 9 nitrogen and oxygen atoms in total. The smallest absolute Gasteiger partial charge is 0.330 e. The van der Waals surface area contributed by atoms with Crippen molar-refractivity contribution >= 4 is 23.8 Å². The molecule has 1 aromatic heterocycles. The molecule has 1 aromatic rings. The highest BCUT2D eigenvalue weighted by molar-refractivity contribution is 7.09. The first-order valence-corrected chi connectivity index (χ1v) is 10.6. The van der Waals surface area contributed by atoms with E-state index in [1.165, 1.54) is 7.11 Å². The van der Waals surface area contributed by atoms with E-state index in [-0.39, 0.29) is 18.5 Å². The fraction of sp³-hybridized carbons (Fsp3) is 0.737. The predicted octanol–water partition coefficient (Wildman–Crippen LogP) is 2.24. The largest absolute Gasteiger partial charge is 0.379 e. The van der Waals surface area contributed by atoms with Gasteiger partial charge < -0.3 is 19.8 Å². The van der Waals surface area contributed by atoms with Crippen molar-refractivity contribution in [2.75, 3.05) is 47.0 Å². The second-order valence-corrected chi connectivity index (χ2v) is 8.03. The van der Waals surface area contributed by atoms with Crippen LogP contribution in [0.4, 0.5) is 4.79 Å². The van der Waals surface area contributed by atoms with Gasteiger partial charge in [-0.1, -0.05) is 13.8 Å². The van der Waals surface area contributed by atoms with Gasteiger partial charge in [-0.3, -0.25) is 9.69 Å². The number of carbonyl (C=O) groups is 2. The van der Waals surface area contributed by atoms with Crippen LogP contribution in [0.15, 0.2) is 5.38 Å². The molecule has 1 saturated heterocycles. The molecule has 2 rings (SSSR count). The minimum Gasteiger partial charge on any atom is -0.379 e. The van der Waals surface area contributed by atoms with Crippen LogP contribution in [0.1, 0.15) is 43.8 Å². The molecule has 2 amide bonds. The Hall–Kier alpha value is -1.75. The number of rotatable bonds is 9. The molecule has 0 spiro atoms. The molecule has 0 aromatic carbocycles. The van der Waals surface area contributed by atoms with Gasteiger partial charge in [0.1, 0.15) is 0 Å². The van der Waals surface area contributed by atoms with Gasteiger partial charge in [-0.05, 0) is 13.3 Å². The van der Waals surface area contributed by atoms with E-state index in [1.807, 2.05) is 12.4 Å². The van der Waals surface area contributed by atoms with Crippen LogP contribution < -0.4 is 5.32 Å². The standard InChI is InChI=1S/C17H30N4O2S.C2H4O3/c1-13(2)16-19-15(12-24-16)11-20(4)17(22)18-14(3)5-6-21-7-9-23-10-8-21;1-4-5-2-3/h12-14H,5-11H2,1-4H3,(H,18,22);2H,1H3. The van der Waals surface area contributed by atoms with Crippen LogP contribution in [0.2, 0.25) is 0 Å². The summed E-state index contributed by atoms with van der Waals surface area (Å²) in [6.45, 7) is 11.7. The lowest BCUT2D eigenvalue weighted by molar-refractivity contribution is -0.240. The van der Waals surface area contributed by atoms with Crippen LogP contribution in [-0.2, 0) is 25.9 Å². The summed E-state index contributed by atoms with van der Waals surface area (Å²) in [7, 11) is 3.08. The Morgan fingerprint density at radius 1 is 1.41 bits per heavy atom. The highest BCUT2D eigenvalue weighted by atomic mass is 32.1. The maximum absolute atomic E-state index is 12.3. The molecule has 10 heteroatoms. The third kappa shape index (κ3) is 10.6. The quantitative estimate of drug-likeness (QED) is 0.365. The molecular weight excluding hydrogens is 396 g/mol. The Labute approximate surface area is 177 Å². The topological polar surface area (TPSA) is 93.2 Å². The van der Waals surface area contributed by atoms with Gasteiger partial charge >= 0.3 is 12.5 Å². The molecule has 1 N–H and O–H groups in total. The molecule has 29 heavy (non-hydrogen) atoms. The normalized spacial score (nSPS) is 15.2. The van der Waals surface area contributed by atoms with Gasteiger partial charge in [0.25, 0.3) is 0 Å². The van der Waals surface area contributed by atoms with Crippen LogP contribution in [0.25, 0.3) is 0 Å². The number of hydrogen-bond acceptors (Lipinski definition) is 8. The predicted molar refractivity (Wildman–Crippen MR) is 112 cm³/mol. The van der Waals surface area contributed by atoms with Crippen LogP contribution in [0.5, 0.6) is 0 Å². The summed E-state index contributed by atoms with van der Waals surface area (Å²) in [5.41, 5.74) is 0.960. The molecular formula is C19H34N4O5S. The van der Waals surface area contributed by atoms with E-state index in [2.05, 4.69) is 45.7 Å². The van der Waals surface area contributed by atoms with Crippen molar-refractivity contribution in [1.29, 1.82) is 0 Å². The zero-order valence-corrected chi connectivity index (χ0v) is 18.9. The lowest BCUT2D eigenvalue weighted by Gasteiger charge is -2.28. The van der Waals surface area contributed by atoms with E-state index in [0.717, 1.165) is 50.0 Å². The molecule has 1 unspecified atom stereocenters. The average Bonchev–Trinajstić information content (AvgIpc) is 3.17. The van der Waals surface area contributed by atoms with Gasteiger partial charge in [0.05, 0.1) is 37.6 Å². The lowest BCUT2D eigenvalue weighted by Crippen LogP contribution is -2.44. The zero-order chi connectivity index (χ0) is 21.6. The molecule has 1 atom stereocenters. The van der Waals surface area contributed by atoms with Crippen LogP contribution >= 0.6 is 11.3 Å². The highest BCUT2D eigenvalue weighted by Crippen LogP contribution is 2.19. The van der Waals surface area contributed by atoms with Gasteiger partial charge in [-0.25, -0.2) is 9.78 Å². The summed E-state index contributed by atoms with van der Waals surface area (Å²) in [5, 5.41) is 6.24. The van der Waals surface area contributed by atoms with E-state index >= 15 is 0 Å². The molecule has 0 aliphatic carbocycles. The Kier molecular flexibility index (Phi) is 12.4. The summed E-state index contributed by atoms with van der Waals surface area (Å²) in [6, 6.07) is 0.119. The van der Waals surface area contributed by atoms with E-state index in [1.54, 1.807) is 16.2 Å². The number of nitrogens with one attached hydrogen (secondary N) is 1. The van der Waals surface area contributed by atoms with Crippen molar-refractivity contribution in [3.63, 3.8) is 0 Å². The molecule has 166 valence electrons. The Bertz CT molecular complexity index is 593. The lowest BCUT2D eigenvalue weighted by atomic mass is 10.2. The maximum atomic E-state index is 12.3. The Morgan fingerprint density at radius 2 is 2.10 bits per heavy atom. The number of morpholine rings is 1. The summed E-state index contributed by atoms with van der Waals surface area (Å²) >= 11 is 1.66. The summed E-state index contributed by atoms with van der Waals surface area (Å²) in [6.07, 6.45) is 0.952. The number of aromatic nitrogens is 1. The SMILES string of the molecule is CC(CCN1CCOCC1)NC(=O)N(C)Cc1csc(C(C)C)n1.COOC=O. The van der Waals surface area contributed by atoms with Crippen molar-refractivity contribution in [2.45, 2.75) is 45.7 Å². The van der Waals surface area contributed by atoms with Crippen molar-refractivity contribution in [1.82, 2.24) is 20.1 Å². The molecule has 2 heterocycles. The van der Waals surface area contributed by atoms with Gasteiger partial charge in [0, 0.05) is 44.0 Å². The second kappa shape index (κ2) is 14.3. The van der Waals surface area contributed by atoms with Crippen molar-refractivity contribution < 1.29 is 24.1 Å². The molecule has 1 aliphatic heterocycles. The molecule has 1 fully saturated rings. The van der Waals surface area contributed by atoms with Gasteiger partial charge in [-0.2, -0.15) is 4.89 Å². The third-order valence-electron chi connectivity index (χ3n) is 4.30. The first kappa shape index (κ1) is 25.3. The Balaban J connectivity index is 0.000000749. The van der Waals surface area contributed by atoms with E-state index < -0.39 is 0 Å². The zero-order valence-electron chi connectivity index (χ0n) is 18.1. The van der Waals surface area contributed by atoms with Crippen LogP contribution in [-0.4, -0.2) is 80.3 Å². The summed E-state index contributed by atoms with van der Waals surface area (Å²) < 4.78 is 5.35. The summed E-state index contributed by atoms with van der Waals surface area (Å²) in [5.74, 6) is 0.433. The monoisotopic (exact) mass is 430 g/mol. The Morgan fingerprint density at radius 3 is 2.62 bits per heavy atom. The number of thiazole rings is 1.